The van der Waals surface area contributed by atoms with Crippen LogP contribution in [0, 0.1) is 12.3 Å². The molecule has 0 aliphatic carbocycles. The fraction of sp³-hybridized carbons (Fsp3) is 0.714. The Morgan fingerprint density at radius 2 is 1.77 bits per heavy atom. The van der Waals surface area contributed by atoms with Crippen molar-refractivity contribution < 1.29 is 18.0 Å². The number of hydrogen-bond acceptors (Lipinski definition) is 2. The average molecular weight is 340 g/mol. The maximum absolute atomic E-state index is 12.8. The van der Waals surface area contributed by atoms with Crippen molar-refractivity contribution >= 4 is 17.5 Å². The predicted octanol–water partition coefficient (Wildman–Crippen LogP) is 3.98. The summed E-state index contributed by atoms with van der Waals surface area (Å²) in [6.45, 7) is 10.6. The first kappa shape index (κ1) is 18.8. The minimum atomic E-state index is -4.65. The van der Waals surface area contributed by atoms with Crippen LogP contribution in [-0.2, 0) is 11.0 Å². The number of rotatable bonds is 3. The predicted molar refractivity (Wildman–Crippen MR) is 78.7 cm³/mol. The van der Waals surface area contributed by atoms with Crippen molar-refractivity contribution in [3.63, 3.8) is 0 Å². The molecule has 1 rings (SSSR count). The van der Waals surface area contributed by atoms with Crippen molar-refractivity contribution in [3.8, 4) is 0 Å². The number of carbonyl (C=O) groups is 1. The Balaban J connectivity index is 3.04. The maximum atomic E-state index is 12.8. The Morgan fingerprint density at radius 3 is 2.14 bits per heavy atom. The molecule has 0 aromatic carbocycles. The number of hydrogen-bond donors (Lipinski definition) is 1. The zero-order valence-corrected chi connectivity index (χ0v) is 14.2. The molecule has 1 aromatic rings. The molecule has 1 N–H and O–H groups in total. The summed E-state index contributed by atoms with van der Waals surface area (Å²) in [5.41, 5.74) is -1.22. The number of aromatic nitrogens is 2. The van der Waals surface area contributed by atoms with Crippen LogP contribution in [0.1, 0.15) is 52.0 Å². The van der Waals surface area contributed by atoms with Crippen LogP contribution in [0.4, 0.5) is 13.2 Å². The number of halogens is 4. The van der Waals surface area contributed by atoms with E-state index in [-0.39, 0.29) is 17.2 Å². The smallest absolute Gasteiger partial charge is 0.351 e. The molecule has 22 heavy (non-hydrogen) atoms. The van der Waals surface area contributed by atoms with Gasteiger partial charge in [0.15, 0.2) is 5.69 Å². The van der Waals surface area contributed by atoms with E-state index < -0.39 is 28.8 Å². The molecule has 126 valence electrons. The van der Waals surface area contributed by atoms with Crippen LogP contribution in [0.2, 0.25) is 5.02 Å². The first-order valence-corrected chi connectivity index (χ1v) is 7.26. The van der Waals surface area contributed by atoms with Gasteiger partial charge in [0.05, 0.1) is 10.7 Å². The van der Waals surface area contributed by atoms with Gasteiger partial charge in [0, 0.05) is 6.04 Å². The quantitative estimate of drug-likeness (QED) is 0.905. The second-order valence-corrected chi connectivity index (χ2v) is 6.84. The molecule has 0 aliphatic rings. The van der Waals surface area contributed by atoms with Crippen LogP contribution in [0.25, 0.3) is 0 Å². The summed E-state index contributed by atoms with van der Waals surface area (Å²) < 4.78 is 39.4. The molecule has 1 aromatic heterocycles. The first-order valence-electron chi connectivity index (χ1n) is 6.89. The van der Waals surface area contributed by atoms with Crippen LogP contribution < -0.4 is 5.32 Å². The number of nitrogens with one attached hydrogen (secondary N) is 1. The fourth-order valence-corrected chi connectivity index (χ4v) is 1.95. The normalized spacial score (nSPS) is 15.5. The Labute approximate surface area is 133 Å². The monoisotopic (exact) mass is 339 g/mol. The highest BCUT2D eigenvalue weighted by Gasteiger charge is 2.39. The van der Waals surface area contributed by atoms with Gasteiger partial charge in [0.25, 0.3) is 0 Å². The third-order valence-corrected chi connectivity index (χ3v) is 4.20. The van der Waals surface area contributed by atoms with Crippen LogP contribution in [0.3, 0.4) is 0 Å². The summed E-state index contributed by atoms with van der Waals surface area (Å²) in [6.07, 6.45) is -4.65. The highest BCUT2D eigenvalue weighted by Crippen LogP contribution is 2.36. The fourth-order valence-electron chi connectivity index (χ4n) is 1.72. The highest BCUT2D eigenvalue weighted by molar-refractivity contribution is 6.32. The minimum absolute atomic E-state index is 0.111. The number of nitrogens with zero attached hydrogens (tertiary/aromatic N) is 2. The van der Waals surface area contributed by atoms with Gasteiger partial charge >= 0.3 is 6.18 Å². The number of alkyl halides is 3. The van der Waals surface area contributed by atoms with Gasteiger partial charge in [-0.05, 0) is 26.2 Å². The molecule has 0 spiro atoms. The van der Waals surface area contributed by atoms with Gasteiger partial charge in [0.2, 0.25) is 5.91 Å². The molecule has 0 saturated heterocycles. The SMILES string of the molecule is Cc1c(Cl)c(C(F)(F)F)nn1[C@H](C)C(=O)N[C@@H](C)C(C)(C)C. The molecular formula is C14H21ClF3N3O. The van der Waals surface area contributed by atoms with Crippen LogP contribution in [-0.4, -0.2) is 21.7 Å². The van der Waals surface area contributed by atoms with Crippen LogP contribution >= 0.6 is 11.6 Å². The third kappa shape index (κ3) is 3.94. The Bertz CT molecular complexity index is 561. The van der Waals surface area contributed by atoms with Gasteiger partial charge in [-0.15, -0.1) is 0 Å². The van der Waals surface area contributed by atoms with Gasteiger partial charge in [-0.25, -0.2) is 0 Å². The molecule has 4 nitrogen and oxygen atoms in total. The van der Waals surface area contributed by atoms with Gasteiger partial charge in [0.1, 0.15) is 6.04 Å². The lowest BCUT2D eigenvalue weighted by atomic mass is 9.88. The van der Waals surface area contributed by atoms with Crippen molar-refractivity contribution in [3.05, 3.63) is 16.4 Å². The molecule has 0 bridgehead atoms. The summed E-state index contributed by atoms with van der Waals surface area (Å²) in [6, 6.07) is -1.03. The lowest BCUT2D eigenvalue weighted by molar-refractivity contribution is -0.142. The summed E-state index contributed by atoms with van der Waals surface area (Å²) in [5.74, 6) is -0.404. The van der Waals surface area contributed by atoms with Crippen molar-refractivity contribution in [2.45, 2.75) is 59.8 Å². The first-order chi connectivity index (χ1) is 9.76. The molecule has 0 saturated carbocycles. The van der Waals surface area contributed by atoms with Gasteiger partial charge in [-0.3, -0.25) is 9.48 Å². The standard InChI is InChI=1S/C14H21ClF3N3O/c1-7-10(15)11(14(16,17)18)20-21(7)8(2)12(22)19-9(3)13(4,5)6/h8-9H,1-6H3,(H,19,22)/t8-,9+/m1/s1. The largest absolute Gasteiger partial charge is 0.436 e. The molecule has 1 amide bonds. The lowest BCUT2D eigenvalue weighted by Crippen LogP contribution is -2.44. The second-order valence-electron chi connectivity index (χ2n) is 6.46. The second kappa shape index (κ2) is 6.10. The molecule has 2 atom stereocenters. The molecule has 0 radical (unpaired) electrons. The number of carbonyl (C=O) groups excluding carboxylic acids is 1. The topological polar surface area (TPSA) is 46.9 Å². The third-order valence-electron chi connectivity index (χ3n) is 3.75. The van der Waals surface area contributed by atoms with Gasteiger partial charge in [-0.1, -0.05) is 32.4 Å². The molecule has 1 heterocycles. The maximum Gasteiger partial charge on any atom is 0.436 e. The van der Waals surface area contributed by atoms with Crippen molar-refractivity contribution in [1.82, 2.24) is 15.1 Å². The van der Waals surface area contributed by atoms with E-state index in [0.717, 1.165) is 4.68 Å². The summed E-state index contributed by atoms with van der Waals surface area (Å²) >= 11 is 5.69. The van der Waals surface area contributed by atoms with E-state index in [1.165, 1.54) is 13.8 Å². The molecule has 0 aliphatic heterocycles. The molecule has 8 heteroatoms. The Hall–Kier alpha value is -1.24. The summed E-state index contributed by atoms with van der Waals surface area (Å²) in [4.78, 5) is 12.2. The van der Waals surface area contributed by atoms with Crippen molar-refractivity contribution in [1.29, 1.82) is 0 Å². The summed E-state index contributed by atoms with van der Waals surface area (Å²) in [5, 5.41) is 5.78. The van der Waals surface area contributed by atoms with E-state index in [0.29, 0.717) is 0 Å². The minimum Gasteiger partial charge on any atom is -0.351 e. The van der Waals surface area contributed by atoms with E-state index in [9.17, 15) is 18.0 Å². The van der Waals surface area contributed by atoms with Gasteiger partial charge < -0.3 is 5.32 Å². The van der Waals surface area contributed by atoms with E-state index in [2.05, 4.69) is 10.4 Å². The summed E-state index contributed by atoms with van der Waals surface area (Å²) in [7, 11) is 0. The zero-order valence-electron chi connectivity index (χ0n) is 13.5. The van der Waals surface area contributed by atoms with Crippen LogP contribution in [0.15, 0.2) is 0 Å². The van der Waals surface area contributed by atoms with Crippen molar-refractivity contribution in [2.75, 3.05) is 0 Å². The Kier molecular flexibility index (Phi) is 5.22. The van der Waals surface area contributed by atoms with E-state index >= 15 is 0 Å². The average Bonchev–Trinajstić information content (AvgIpc) is 2.63. The van der Waals surface area contributed by atoms with Crippen molar-refractivity contribution in [2.24, 2.45) is 5.41 Å². The zero-order chi connectivity index (χ0) is 17.5. The Morgan fingerprint density at radius 1 is 1.27 bits per heavy atom. The molecule has 0 unspecified atom stereocenters. The van der Waals surface area contributed by atoms with E-state index in [1.54, 1.807) is 0 Å². The number of amides is 1. The lowest BCUT2D eigenvalue weighted by Gasteiger charge is -2.29. The molecular weight excluding hydrogens is 319 g/mol. The van der Waals surface area contributed by atoms with Gasteiger partial charge in [-0.2, -0.15) is 18.3 Å². The molecule has 0 fully saturated rings. The van der Waals surface area contributed by atoms with Crippen LogP contribution in [0.5, 0.6) is 0 Å². The van der Waals surface area contributed by atoms with E-state index in [4.69, 9.17) is 11.6 Å². The highest BCUT2D eigenvalue weighted by atomic mass is 35.5. The van der Waals surface area contributed by atoms with E-state index in [1.807, 2.05) is 27.7 Å².